The van der Waals surface area contributed by atoms with E-state index in [-0.39, 0.29) is 0 Å². The lowest BCUT2D eigenvalue weighted by atomic mass is 10.9. The van der Waals surface area contributed by atoms with Crippen molar-refractivity contribution in [3.05, 3.63) is 0 Å². The number of thioether (sulfide) groups is 1. The van der Waals surface area contributed by atoms with Gasteiger partial charge < -0.3 is 5.11 Å². The van der Waals surface area contributed by atoms with Gasteiger partial charge in [0.05, 0.1) is 6.61 Å². The van der Waals surface area contributed by atoms with Gasteiger partial charge in [0, 0.05) is 5.75 Å². The fourth-order valence-electron chi connectivity index (χ4n) is 0.841. The fourth-order valence-corrected chi connectivity index (χ4v) is 3.58. The molecule has 0 aliphatic rings. The van der Waals surface area contributed by atoms with Gasteiger partial charge in [0.15, 0.2) is 0 Å². The van der Waals surface area contributed by atoms with Crippen molar-refractivity contribution in [2.24, 2.45) is 0 Å². The number of rotatable bonds is 7. The lowest BCUT2D eigenvalue weighted by molar-refractivity contribution is 0.322. The van der Waals surface area contributed by atoms with Crippen LogP contribution in [-0.2, 0) is 10.9 Å². The Labute approximate surface area is 77.3 Å². The normalized spacial score (nSPS) is 13.4. The standard InChI is InChI=1S/C8H19OS2/c1-3-10-6-8-11(4-2)7-5-9/h9H,3-8H2,1-2H3/q+1. The van der Waals surface area contributed by atoms with E-state index >= 15 is 0 Å². The van der Waals surface area contributed by atoms with E-state index in [9.17, 15) is 0 Å². The highest BCUT2D eigenvalue weighted by molar-refractivity contribution is 8.01. The number of hydrogen-bond acceptors (Lipinski definition) is 2. The quantitative estimate of drug-likeness (QED) is 0.489. The van der Waals surface area contributed by atoms with Crippen LogP contribution < -0.4 is 0 Å². The first-order chi connectivity index (χ1) is 5.35. The second-order valence-corrected chi connectivity index (χ2v) is 6.24. The minimum Gasteiger partial charge on any atom is -0.391 e. The zero-order valence-corrected chi connectivity index (χ0v) is 9.14. The Morgan fingerprint density at radius 1 is 1.27 bits per heavy atom. The summed E-state index contributed by atoms with van der Waals surface area (Å²) in [6.07, 6.45) is 0. The first kappa shape index (κ1) is 11.7. The molecule has 1 nitrogen and oxygen atoms in total. The predicted octanol–water partition coefficient (Wildman–Crippen LogP) is 1.37. The highest BCUT2D eigenvalue weighted by atomic mass is 32.2. The molecule has 1 N–H and O–H groups in total. The van der Waals surface area contributed by atoms with E-state index in [2.05, 4.69) is 13.8 Å². The molecule has 1 unspecified atom stereocenters. The van der Waals surface area contributed by atoms with Crippen LogP contribution in [0.25, 0.3) is 0 Å². The summed E-state index contributed by atoms with van der Waals surface area (Å²) < 4.78 is 0. The molecule has 0 bridgehead atoms. The second-order valence-electron chi connectivity index (χ2n) is 2.23. The van der Waals surface area contributed by atoms with Gasteiger partial charge in [0.25, 0.3) is 0 Å². The number of aliphatic hydroxyl groups excluding tert-OH is 1. The fraction of sp³-hybridized carbons (Fsp3) is 1.00. The van der Waals surface area contributed by atoms with Crippen molar-refractivity contribution in [2.45, 2.75) is 13.8 Å². The van der Waals surface area contributed by atoms with E-state index in [1.54, 1.807) is 0 Å². The Kier molecular flexibility index (Phi) is 9.28. The van der Waals surface area contributed by atoms with Crippen LogP contribution >= 0.6 is 11.8 Å². The molecule has 0 saturated heterocycles. The zero-order chi connectivity index (χ0) is 8.53. The molecule has 0 aliphatic carbocycles. The van der Waals surface area contributed by atoms with E-state index in [1.807, 2.05) is 11.8 Å². The summed E-state index contributed by atoms with van der Waals surface area (Å²) in [7, 11) is 0.496. The lowest BCUT2D eigenvalue weighted by Crippen LogP contribution is -2.18. The van der Waals surface area contributed by atoms with Crippen molar-refractivity contribution in [2.75, 3.05) is 35.4 Å². The molecular weight excluding hydrogens is 176 g/mol. The number of aliphatic hydroxyl groups is 1. The summed E-state index contributed by atoms with van der Waals surface area (Å²) >= 11 is 2.00. The molecule has 0 fully saturated rings. The van der Waals surface area contributed by atoms with E-state index in [0.29, 0.717) is 17.5 Å². The van der Waals surface area contributed by atoms with Gasteiger partial charge in [0.2, 0.25) is 0 Å². The van der Waals surface area contributed by atoms with Gasteiger partial charge in [-0.25, -0.2) is 0 Å². The Balaban J connectivity index is 3.20. The summed E-state index contributed by atoms with van der Waals surface area (Å²) in [4.78, 5) is 0. The second kappa shape index (κ2) is 8.75. The first-order valence-electron chi connectivity index (χ1n) is 4.17. The van der Waals surface area contributed by atoms with Gasteiger partial charge >= 0.3 is 0 Å². The molecule has 0 aliphatic heterocycles. The maximum atomic E-state index is 8.72. The van der Waals surface area contributed by atoms with Crippen LogP contribution in [0.15, 0.2) is 0 Å². The highest BCUT2D eigenvalue weighted by Crippen LogP contribution is 2.03. The molecule has 0 spiro atoms. The van der Waals surface area contributed by atoms with Gasteiger partial charge in [-0.15, -0.1) is 0 Å². The monoisotopic (exact) mass is 195 g/mol. The van der Waals surface area contributed by atoms with Crippen molar-refractivity contribution >= 4 is 22.7 Å². The van der Waals surface area contributed by atoms with E-state index in [0.717, 1.165) is 5.75 Å². The molecule has 0 aromatic carbocycles. The molecule has 3 heteroatoms. The third kappa shape index (κ3) is 7.04. The summed E-state index contributed by atoms with van der Waals surface area (Å²) in [5.41, 5.74) is 0. The van der Waals surface area contributed by atoms with Gasteiger partial charge in [-0.2, -0.15) is 11.8 Å². The molecular formula is C8H19OS2+. The van der Waals surface area contributed by atoms with Crippen LogP contribution in [-0.4, -0.2) is 40.5 Å². The van der Waals surface area contributed by atoms with Crippen LogP contribution in [0.5, 0.6) is 0 Å². The minimum atomic E-state index is 0.369. The Hall–Kier alpha value is 0.660. The molecule has 68 valence electrons. The Morgan fingerprint density at radius 2 is 2.00 bits per heavy atom. The topological polar surface area (TPSA) is 20.2 Å². The van der Waals surface area contributed by atoms with Gasteiger partial charge in [-0.05, 0) is 23.6 Å². The molecule has 0 saturated carbocycles. The molecule has 0 aromatic rings. The molecule has 0 aromatic heterocycles. The number of hydrogen-bond donors (Lipinski definition) is 1. The average Bonchev–Trinajstić information content (AvgIpc) is 2.03. The van der Waals surface area contributed by atoms with Crippen LogP contribution in [0.3, 0.4) is 0 Å². The van der Waals surface area contributed by atoms with Crippen molar-refractivity contribution in [3.8, 4) is 0 Å². The molecule has 0 radical (unpaired) electrons. The van der Waals surface area contributed by atoms with Crippen molar-refractivity contribution in [1.29, 1.82) is 0 Å². The summed E-state index contributed by atoms with van der Waals surface area (Å²) in [6, 6.07) is 0. The van der Waals surface area contributed by atoms with Gasteiger partial charge in [-0.3, -0.25) is 0 Å². The molecule has 0 rings (SSSR count). The maximum Gasteiger partial charge on any atom is 0.131 e. The molecule has 0 amide bonds. The summed E-state index contributed by atoms with van der Waals surface area (Å²) in [6.45, 7) is 4.78. The zero-order valence-electron chi connectivity index (χ0n) is 7.51. The van der Waals surface area contributed by atoms with Crippen molar-refractivity contribution < 1.29 is 5.11 Å². The summed E-state index contributed by atoms with van der Waals surface area (Å²) in [5, 5.41) is 8.72. The molecule has 11 heavy (non-hydrogen) atoms. The third-order valence-electron chi connectivity index (χ3n) is 1.51. The predicted molar refractivity (Wildman–Crippen MR) is 57.7 cm³/mol. The van der Waals surface area contributed by atoms with Crippen LogP contribution in [0.1, 0.15) is 13.8 Å². The van der Waals surface area contributed by atoms with Crippen LogP contribution in [0.4, 0.5) is 0 Å². The van der Waals surface area contributed by atoms with Crippen molar-refractivity contribution in [1.82, 2.24) is 0 Å². The molecule has 0 heterocycles. The highest BCUT2D eigenvalue weighted by Gasteiger charge is 2.12. The lowest BCUT2D eigenvalue weighted by Gasteiger charge is -2.03. The average molecular weight is 195 g/mol. The van der Waals surface area contributed by atoms with Crippen LogP contribution in [0, 0.1) is 0 Å². The Bertz CT molecular complexity index is 78.5. The smallest absolute Gasteiger partial charge is 0.131 e. The largest absolute Gasteiger partial charge is 0.391 e. The SMILES string of the molecule is CCSCC[S+](CC)CCO. The third-order valence-corrected chi connectivity index (χ3v) is 5.03. The first-order valence-corrected chi connectivity index (χ1v) is 7.06. The Morgan fingerprint density at radius 3 is 2.45 bits per heavy atom. The van der Waals surface area contributed by atoms with Crippen molar-refractivity contribution in [3.63, 3.8) is 0 Å². The van der Waals surface area contributed by atoms with Crippen LogP contribution in [0.2, 0.25) is 0 Å². The summed E-state index contributed by atoms with van der Waals surface area (Å²) in [5.74, 6) is 6.05. The maximum absolute atomic E-state index is 8.72. The van der Waals surface area contributed by atoms with Gasteiger partial charge in [-0.1, -0.05) is 6.92 Å². The minimum absolute atomic E-state index is 0.369. The van der Waals surface area contributed by atoms with Gasteiger partial charge in [0.1, 0.15) is 17.3 Å². The van der Waals surface area contributed by atoms with E-state index in [4.69, 9.17) is 5.11 Å². The van der Waals surface area contributed by atoms with E-state index < -0.39 is 0 Å². The molecule has 1 atom stereocenters. The van der Waals surface area contributed by atoms with E-state index in [1.165, 1.54) is 23.0 Å².